The zero-order valence-electron chi connectivity index (χ0n) is 7.93. The molecule has 5 heteroatoms. The van der Waals surface area contributed by atoms with Gasteiger partial charge in [0, 0.05) is 12.4 Å². The summed E-state index contributed by atoms with van der Waals surface area (Å²) in [5.74, 6) is 0.371. The molecule has 15 heavy (non-hydrogen) atoms. The van der Waals surface area contributed by atoms with Gasteiger partial charge in [-0.15, -0.1) is 12.4 Å². The highest BCUT2D eigenvalue weighted by molar-refractivity contribution is 5.85. The van der Waals surface area contributed by atoms with Gasteiger partial charge in [0.1, 0.15) is 11.6 Å². The molecule has 0 unspecified atom stereocenters. The molecule has 2 rings (SSSR count). The molecule has 0 aliphatic heterocycles. The Hall–Kier alpha value is -1.39. The molecule has 3 nitrogen and oxygen atoms in total. The van der Waals surface area contributed by atoms with Crippen LogP contribution in [0.5, 0.6) is 0 Å². The smallest absolute Gasteiger partial charge is 0.147 e. The van der Waals surface area contributed by atoms with Crippen LogP contribution in [0.4, 0.5) is 4.39 Å². The van der Waals surface area contributed by atoms with Gasteiger partial charge in [-0.2, -0.15) is 0 Å². The molecule has 0 bridgehead atoms. The third kappa shape index (κ3) is 2.16. The number of nitrogens with two attached hydrogens (primary N) is 1. The van der Waals surface area contributed by atoms with Crippen LogP contribution in [-0.2, 0) is 6.54 Å². The van der Waals surface area contributed by atoms with E-state index < -0.39 is 0 Å². The summed E-state index contributed by atoms with van der Waals surface area (Å²) in [6.07, 6.45) is 3.30. The summed E-state index contributed by atoms with van der Waals surface area (Å²) >= 11 is 0. The Kier molecular flexibility index (Phi) is 3.82. The van der Waals surface area contributed by atoms with Crippen molar-refractivity contribution in [2.75, 3.05) is 0 Å². The summed E-state index contributed by atoms with van der Waals surface area (Å²) in [4.78, 5) is 4.02. The predicted molar refractivity (Wildman–Crippen MR) is 58.7 cm³/mol. The number of rotatable bonds is 2. The van der Waals surface area contributed by atoms with Crippen molar-refractivity contribution in [3.63, 3.8) is 0 Å². The average molecular weight is 228 g/mol. The number of para-hydroxylation sites is 1. The van der Waals surface area contributed by atoms with E-state index in [2.05, 4.69) is 4.98 Å². The Labute approximate surface area is 93.2 Å². The van der Waals surface area contributed by atoms with Gasteiger partial charge in [-0.25, -0.2) is 9.37 Å². The molecule has 0 fully saturated rings. The minimum atomic E-state index is -0.278. The lowest BCUT2D eigenvalue weighted by Crippen LogP contribution is -2.07. The van der Waals surface area contributed by atoms with Gasteiger partial charge >= 0.3 is 0 Å². The number of imidazole rings is 1. The lowest BCUT2D eigenvalue weighted by atomic mass is 10.3. The van der Waals surface area contributed by atoms with E-state index in [-0.39, 0.29) is 18.2 Å². The van der Waals surface area contributed by atoms with E-state index in [0.29, 0.717) is 18.1 Å². The second-order valence-corrected chi connectivity index (χ2v) is 2.87. The van der Waals surface area contributed by atoms with Crippen LogP contribution in [0.1, 0.15) is 5.82 Å². The molecule has 80 valence electrons. The molecular formula is C10H11ClFN3. The van der Waals surface area contributed by atoms with Crippen molar-refractivity contribution in [3.8, 4) is 5.69 Å². The molecule has 2 aromatic rings. The Morgan fingerprint density at radius 1 is 1.33 bits per heavy atom. The second kappa shape index (κ2) is 4.91. The van der Waals surface area contributed by atoms with Gasteiger partial charge in [0.25, 0.3) is 0 Å². The zero-order valence-corrected chi connectivity index (χ0v) is 8.75. The summed E-state index contributed by atoms with van der Waals surface area (Å²) in [6.45, 7) is 0.293. The number of nitrogens with zero attached hydrogens (tertiary/aromatic N) is 2. The molecule has 0 spiro atoms. The maximum absolute atomic E-state index is 13.4. The van der Waals surface area contributed by atoms with E-state index in [0.717, 1.165) is 0 Å². The Bertz CT molecular complexity index is 442. The molecule has 0 aliphatic carbocycles. The maximum Gasteiger partial charge on any atom is 0.147 e. The lowest BCUT2D eigenvalue weighted by Gasteiger charge is -2.06. The van der Waals surface area contributed by atoms with E-state index in [1.807, 2.05) is 0 Å². The third-order valence-corrected chi connectivity index (χ3v) is 2.01. The van der Waals surface area contributed by atoms with Crippen LogP contribution in [0.2, 0.25) is 0 Å². The number of halogens is 2. The first-order valence-corrected chi connectivity index (χ1v) is 4.30. The highest BCUT2D eigenvalue weighted by Crippen LogP contribution is 2.13. The molecule has 1 heterocycles. The molecule has 0 saturated carbocycles. The number of hydrogen-bond donors (Lipinski definition) is 1. The van der Waals surface area contributed by atoms with E-state index >= 15 is 0 Å². The first-order valence-electron chi connectivity index (χ1n) is 4.30. The lowest BCUT2D eigenvalue weighted by molar-refractivity contribution is 0.615. The molecule has 0 amide bonds. The van der Waals surface area contributed by atoms with Gasteiger partial charge in [-0.3, -0.25) is 4.57 Å². The van der Waals surface area contributed by atoms with Gasteiger partial charge in [-0.1, -0.05) is 12.1 Å². The Morgan fingerprint density at radius 2 is 2.07 bits per heavy atom. The van der Waals surface area contributed by atoms with Gasteiger partial charge in [-0.05, 0) is 12.1 Å². The largest absolute Gasteiger partial charge is 0.324 e. The van der Waals surface area contributed by atoms with Gasteiger partial charge in [0.15, 0.2) is 0 Å². The Balaban J connectivity index is 0.00000112. The fourth-order valence-electron chi connectivity index (χ4n) is 1.35. The van der Waals surface area contributed by atoms with Crippen LogP contribution in [0, 0.1) is 5.82 Å². The molecule has 1 aromatic carbocycles. The van der Waals surface area contributed by atoms with Crippen molar-refractivity contribution in [1.82, 2.24) is 9.55 Å². The SMILES string of the molecule is Cl.NCc1nccn1-c1ccccc1F. The summed E-state index contributed by atoms with van der Waals surface area (Å²) in [6, 6.07) is 6.53. The van der Waals surface area contributed by atoms with Crippen LogP contribution in [0.15, 0.2) is 36.7 Å². The average Bonchev–Trinajstić information content (AvgIpc) is 2.66. The molecular weight excluding hydrogens is 217 g/mol. The topological polar surface area (TPSA) is 43.8 Å². The van der Waals surface area contributed by atoms with E-state index in [9.17, 15) is 4.39 Å². The molecule has 0 aliphatic rings. The van der Waals surface area contributed by atoms with Crippen LogP contribution >= 0.6 is 12.4 Å². The maximum atomic E-state index is 13.4. The van der Waals surface area contributed by atoms with Gasteiger partial charge in [0.2, 0.25) is 0 Å². The first-order chi connectivity index (χ1) is 6.83. The van der Waals surface area contributed by atoms with E-state index in [1.54, 1.807) is 35.2 Å². The van der Waals surface area contributed by atoms with Crippen LogP contribution in [0.25, 0.3) is 5.69 Å². The van der Waals surface area contributed by atoms with Crippen LogP contribution in [0.3, 0.4) is 0 Å². The standard InChI is InChI=1S/C10H10FN3.ClH/c11-8-3-1-2-4-9(8)14-6-5-13-10(14)7-12;/h1-6H,7,12H2;1H. The minimum absolute atomic E-state index is 0. The van der Waals surface area contributed by atoms with Crippen molar-refractivity contribution in [3.05, 3.63) is 48.3 Å². The normalized spacial score (nSPS) is 9.73. The van der Waals surface area contributed by atoms with Crippen molar-refractivity contribution < 1.29 is 4.39 Å². The molecule has 0 radical (unpaired) electrons. The monoisotopic (exact) mass is 227 g/mol. The summed E-state index contributed by atoms with van der Waals surface area (Å²) in [5.41, 5.74) is 5.95. The fraction of sp³-hybridized carbons (Fsp3) is 0.100. The molecule has 1 aromatic heterocycles. The molecule has 2 N–H and O–H groups in total. The Morgan fingerprint density at radius 3 is 2.73 bits per heavy atom. The summed E-state index contributed by atoms with van der Waals surface area (Å²) in [7, 11) is 0. The van der Waals surface area contributed by atoms with Crippen molar-refractivity contribution in [2.45, 2.75) is 6.54 Å². The second-order valence-electron chi connectivity index (χ2n) is 2.87. The zero-order chi connectivity index (χ0) is 9.97. The highest BCUT2D eigenvalue weighted by atomic mass is 35.5. The number of benzene rings is 1. The van der Waals surface area contributed by atoms with Crippen LogP contribution < -0.4 is 5.73 Å². The molecule has 0 saturated heterocycles. The van der Waals surface area contributed by atoms with E-state index in [4.69, 9.17) is 5.73 Å². The van der Waals surface area contributed by atoms with Gasteiger partial charge < -0.3 is 5.73 Å². The van der Waals surface area contributed by atoms with Gasteiger partial charge in [0.05, 0.1) is 12.2 Å². The predicted octanol–water partition coefficient (Wildman–Crippen LogP) is 1.89. The summed E-state index contributed by atoms with van der Waals surface area (Å²) < 4.78 is 15.0. The van der Waals surface area contributed by atoms with Crippen molar-refractivity contribution in [1.29, 1.82) is 0 Å². The van der Waals surface area contributed by atoms with E-state index in [1.165, 1.54) is 6.07 Å². The molecule has 0 atom stereocenters. The third-order valence-electron chi connectivity index (χ3n) is 2.01. The first kappa shape index (κ1) is 11.7. The highest BCUT2D eigenvalue weighted by Gasteiger charge is 2.06. The van der Waals surface area contributed by atoms with Crippen molar-refractivity contribution in [2.24, 2.45) is 5.73 Å². The summed E-state index contributed by atoms with van der Waals surface area (Å²) in [5, 5.41) is 0. The van der Waals surface area contributed by atoms with Crippen molar-refractivity contribution >= 4 is 12.4 Å². The fourth-order valence-corrected chi connectivity index (χ4v) is 1.35. The quantitative estimate of drug-likeness (QED) is 0.852. The van der Waals surface area contributed by atoms with Crippen LogP contribution in [-0.4, -0.2) is 9.55 Å². The minimum Gasteiger partial charge on any atom is -0.324 e. The number of hydrogen-bond acceptors (Lipinski definition) is 2. The number of aromatic nitrogens is 2.